The van der Waals surface area contributed by atoms with Gasteiger partial charge in [0, 0.05) is 11.5 Å². The van der Waals surface area contributed by atoms with Crippen LogP contribution in [-0.4, -0.2) is 13.2 Å². The van der Waals surface area contributed by atoms with Crippen molar-refractivity contribution < 1.29 is 35.8 Å². The van der Waals surface area contributed by atoms with Crippen molar-refractivity contribution in [2.45, 2.75) is 52.1 Å². The Morgan fingerprint density at radius 1 is 0.692 bits per heavy atom. The van der Waals surface area contributed by atoms with Gasteiger partial charge >= 0.3 is 6.61 Å². The second kappa shape index (κ2) is 12.9. The average molecular weight is 547 g/mol. The monoisotopic (exact) mass is 546 g/mol. The fraction of sp³-hybridized carbons (Fsp3) is 0.290. The highest BCUT2D eigenvalue weighted by atomic mass is 19.3. The van der Waals surface area contributed by atoms with E-state index >= 15 is 4.39 Å². The van der Waals surface area contributed by atoms with Crippen LogP contribution in [0.15, 0.2) is 60.7 Å². The summed E-state index contributed by atoms with van der Waals surface area (Å²) in [7, 11) is 0. The molecule has 2 nitrogen and oxygen atoms in total. The minimum absolute atomic E-state index is 0.0946. The Morgan fingerprint density at radius 3 is 2.08 bits per heavy atom. The summed E-state index contributed by atoms with van der Waals surface area (Å²) in [6, 6.07) is 15.4. The van der Waals surface area contributed by atoms with Crippen molar-refractivity contribution in [2.24, 2.45) is 0 Å². The van der Waals surface area contributed by atoms with Crippen LogP contribution >= 0.6 is 0 Å². The van der Waals surface area contributed by atoms with Crippen molar-refractivity contribution in [3.8, 4) is 11.5 Å². The van der Waals surface area contributed by atoms with Crippen molar-refractivity contribution >= 4 is 10.8 Å². The van der Waals surface area contributed by atoms with Gasteiger partial charge in [0.1, 0.15) is 17.4 Å². The third-order valence-electron chi connectivity index (χ3n) is 6.52. The van der Waals surface area contributed by atoms with Gasteiger partial charge in [-0.2, -0.15) is 8.78 Å². The lowest BCUT2D eigenvalue weighted by atomic mass is 9.97. The number of alkyl halides is 2. The summed E-state index contributed by atoms with van der Waals surface area (Å²) >= 11 is 0. The van der Waals surface area contributed by atoms with E-state index in [-0.39, 0.29) is 24.2 Å². The van der Waals surface area contributed by atoms with E-state index in [4.69, 9.17) is 4.74 Å². The maximum Gasteiger partial charge on any atom is 0.387 e. The van der Waals surface area contributed by atoms with E-state index in [1.54, 1.807) is 36.4 Å². The molecule has 8 heteroatoms. The van der Waals surface area contributed by atoms with Gasteiger partial charge < -0.3 is 9.47 Å². The van der Waals surface area contributed by atoms with Crippen LogP contribution in [0.2, 0.25) is 0 Å². The minimum atomic E-state index is -3.35. The molecule has 0 aliphatic rings. The van der Waals surface area contributed by atoms with Gasteiger partial charge in [-0.15, -0.1) is 0 Å². The fourth-order valence-electron chi connectivity index (χ4n) is 4.41. The molecule has 0 atom stereocenters. The molecule has 0 aliphatic heterocycles. The van der Waals surface area contributed by atoms with E-state index in [9.17, 15) is 22.0 Å². The first-order valence-electron chi connectivity index (χ1n) is 12.8. The lowest BCUT2D eigenvalue weighted by Gasteiger charge is -2.11. The molecule has 0 spiro atoms. The van der Waals surface area contributed by atoms with Crippen LogP contribution in [-0.2, 0) is 25.7 Å². The number of hydrogen-bond acceptors (Lipinski definition) is 2. The van der Waals surface area contributed by atoms with Gasteiger partial charge in [-0.25, -0.2) is 17.6 Å². The van der Waals surface area contributed by atoms with E-state index in [0.717, 1.165) is 30.5 Å². The van der Waals surface area contributed by atoms with Gasteiger partial charge in [0.2, 0.25) is 0 Å². The number of ether oxygens (including phenoxy) is 2. The Labute approximate surface area is 223 Å². The molecule has 0 amide bonds. The number of aryl methyl sites for hydroxylation is 4. The lowest BCUT2D eigenvalue weighted by Crippen LogP contribution is -2.06. The molecule has 0 bridgehead atoms. The van der Waals surface area contributed by atoms with Crippen LogP contribution in [0.4, 0.5) is 26.3 Å². The molecule has 0 aliphatic carbocycles. The molecule has 4 aromatic carbocycles. The molecule has 4 rings (SSSR count). The summed E-state index contributed by atoms with van der Waals surface area (Å²) in [5.74, 6) is -3.88. The molecule has 0 saturated heterocycles. The van der Waals surface area contributed by atoms with E-state index in [1.165, 1.54) is 6.07 Å². The van der Waals surface area contributed by atoms with Gasteiger partial charge in [-0.05, 0) is 77.9 Å². The maximum atomic E-state index is 15.2. The molecular formula is C31H28F6O2. The molecule has 0 fully saturated rings. The van der Waals surface area contributed by atoms with Crippen molar-refractivity contribution in [3.63, 3.8) is 0 Å². The van der Waals surface area contributed by atoms with Gasteiger partial charge in [0.25, 0.3) is 0 Å². The van der Waals surface area contributed by atoms with Crippen LogP contribution in [0.1, 0.15) is 42.0 Å². The highest BCUT2D eigenvalue weighted by Crippen LogP contribution is 2.28. The first-order valence-corrected chi connectivity index (χ1v) is 12.8. The topological polar surface area (TPSA) is 18.5 Å². The Balaban J connectivity index is 1.41. The zero-order chi connectivity index (χ0) is 27.9. The average Bonchev–Trinajstić information content (AvgIpc) is 2.90. The molecule has 0 heterocycles. The van der Waals surface area contributed by atoms with Crippen molar-refractivity contribution in [1.29, 1.82) is 0 Å². The molecular weight excluding hydrogens is 518 g/mol. The summed E-state index contributed by atoms with van der Waals surface area (Å²) in [6.07, 6.45) is 3.18. The Bertz CT molecular complexity index is 1410. The first kappa shape index (κ1) is 28.3. The number of benzene rings is 4. The number of hydrogen-bond donors (Lipinski definition) is 0. The van der Waals surface area contributed by atoms with Gasteiger partial charge in [0.05, 0.1) is 6.61 Å². The molecule has 0 saturated carbocycles. The Kier molecular flexibility index (Phi) is 9.38. The van der Waals surface area contributed by atoms with Crippen LogP contribution < -0.4 is 9.47 Å². The summed E-state index contributed by atoms with van der Waals surface area (Å²) in [5.41, 5.74) is 2.04. The molecule has 0 N–H and O–H groups in total. The third kappa shape index (κ3) is 7.25. The summed E-state index contributed by atoms with van der Waals surface area (Å²) in [4.78, 5) is 0. The first-order chi connectivity index (χ1) is 18.7. The SMILES string of the molecule is CCCCOc1ccc(CCc2ccc3c(F)c(CCc4cc(F)c(OC(F)F)c(F)c4)ccc3c2)c(F)c1. The number of fused-ring (bicyclic) bond motifs is 1. The van der Waals surface area contributed by atoms with E-state index < -0.39 is 29.8 Å². The Hall–Kier alpha value is -3.68. The zero-order valence-corrected chi connectivity index (χ0v) is 21.4. The smallest absolute Gasteiger partial charge is 0.387 e. The summed E-state index contributed by atoms with van der Waals surface area (Å²) in [5, 5.41) is 1.08. The second-order valence-corrected chi connectivity index (χ2v) is 9.32. The highest BCUT2D eigenvalue weighted by Gasteiger charge is 2.17. The summed E-state index contributed by atoms with van der Waals surface area (Å²) < 4.78 is 91.8. The number of halogens is 6. The van der Waals surface area contributed by atoms with Gasteiger partial charge in [0.15, 0.2) is 17.4 Å². The van der Waals surface area contributed by atoms with Crippen molar-refractivity contribution in [2.75, 3.05) is 6.61 Å². The predicted octanol–water partition coefficient (Wildman–Crippen LogP) is 8.75. The van der Waals surface area contributed by atoms with E-state index in [1.807, 2.05) is 6.07 Å². The highest BCUT2D eigenvalue weighted by molar-refractivity contribution is 5.84. The molecule has 0 radical (unpaired) electrons. The predicted molar refractivity (Wildman–Crippen MR) is 139 cm³/mol. The molecule has 39 heavy (non-hydrogen) atoms. The maximum absolute atomic E-state index is 15.2. The zero-order valence-electron chi connectivity index (χ0n) is 21.4. The lowest BCUT2D eigenvalue weighted by molar-refractivity contribution is -0.0546. The van der Waals surface area contributed by atoms with Crippen LogP contribution in [0, 0.1) is 23.3 Å². The van der Waals surface area contributed by atoms with E-state index in [2.05, 4.69) is 11.7 Å². The molecule has 0 aromatic heterocycles. The largest absolute Gasteiger partial charge is 0.493 e. The normalized spacial score (nSPS) is 11.4. The van der Waals surface area contributed by atoms with Crippen molar-refractivity contribution in [1.82, 2.24) is 0 Å². The third-order valence-corrected chi connectivity index (χ3v) is 6.52. The van der Waals surface area contributed by atoms with Gasteiger partial charge in [-0.3, -0.25) is 0 Å². The van der Waals surface area contributed by atoms with Crippen LogP contribution in [0.5, 0.6) is 11.5 Å². The fourth-order valence-corrected chi connectivity index (χ4v) is 4.41. The van der Waals surface area contributed by atoms with Crippen LogP contribution in [0.25, 0.3) is 10.8 Å². The second-order valence-electron chi connectivity index (χ2n) is 9.32. The standard InChI is InChI=1S/C31H28F6O2/c1-2-3-14-38-24-12-11-21(26(32)18-24)7-4-19-6-13-25-23(15-19)10-9-22(29(25)35)8-5-20-16-27(33)30(28(34)17-20)39-31(36)37/h6,9-13,15-18,31H,2-5,7-8,14H2,1H3. The minimum Gasteiger partial charge on any atom is -0.493 e. The van der Waals surface area contributed by atoms with Crippen molar-refractivity contribution in [3.05, 3.63) is 106 Å². The number of rotatable bonds is 12. The summed E-state index contributed by atoms with van der Waals surface area (Å²) in [6.45, 7) is -0.746. The van der Waals surface area contributed by atoms with Gasteiger partial charge in [-0.1, -0.05) is 49.7 Å². The molecule has 0 unspecified atom stereocenters. The van der Waals surface area contributed by atoms with Crippen LogP contribution in [0.3, 0.4) is 0 Å². The number of unbranched alkanes of at least 4 members (excludes halogenated alkanes) is 1. The molecule has 206 valence electrons. The van der Waals surface area contributed by atoms with E-state index in [0.29, 0.717) is 47.1 Å². The quantitative estimate of drug-likeness (QED) is 0.131. The Morgan fingerprint density at radius 2 is 1.38 bits per heavy atom. The molecule has 4 aromatic rings.